The van der Waals surface area contributed by atoms with E-state index in [1.54, 1.807) is 47.4 Å². The SMILES string of the molecule is O=C(CN1c2ccccc2-c2ccccc2S1(=O)=O)N1CCN(c2ccc(F)cc2)CC1. The highest BCUT2D eigenvalue weighted by Crippen LogP contribution is 2.42. The lowest BCUT2D eigenvalue weighted by atomic mass is 10.0. The van der Waals surface area contributed by atoms with Gasteiger partial charge in [-0.3, -0.25) is 9.10 Å². The van der Waals surface area contributed by atoms with Crippen molar-refractivity contribution in [3.05, 3.63) is 78.6 Å². The number of piperazine rings is 1. The van der Waals surface area contributed by atoms with Gasteiger partial charge >= 0.3 is 0 Å². The molecule has 3 aromatic rings. The summed E-state index contributed by atoms with van der Waals surface area (Å²) < 4.78 is 41.1. The van der Waals surface area contributed by atoms with Crippen molar-refractivity contribution in [2.45, 2.75) is 4.90 Å². The van der Waals surface area contributed by atoms with Crippen LogP contribution < -0.4 is 9.21 Å². The number of para-hydroxylation sites is 1. The van der Waals surface area contributed by atoms with Gasteiger partial charge in [0.2, 0.25) is 5.91 Å². The summed E-state index contributed by atoms with van der Waals surface area (Å²) in [5.41, 5.74) is 2.87. The molecule has 6 nitrogen and oxygen atoms in total. The molecule has 1 fully saturated rings. The molecule has 0 aromatic heterocycles. The third-order valence-electron chi connectivity index (χ3n) is 6.02. The van der Waals surface area contributed by atoms with Gasteiger partial charge in [-0.2, -0.15) is 0 Å². The lowest BCUT2D eigenvalue weighted by Gasteiger charge is -2.38. The van der Waals surface area contributed by atoms with Crippen LogP contribution in [-0.2, 0) is 14.8 Å². The number of anilines is 2. The quantitative estimate of drug-likeness (QED) is 0.613. The predicted octanol–water partition coefficient (Wildman–Crippen LogP) is 3.35. The Morgan fingerprint density at radius 1 is 0.812 bits per heavy atom. The molecule has 32 heavy (non-hydrogen) atoms. The van der Waals surface area contributed by atoms with E-state index in [9.17, 15) is 17.6 Å². The molecule has 3 aromatic carbocycles. The number of amides is 1. The van der Waals surface area contributed by atoms with Crippen LogP contribution in [0.2, 0.25) is 0 Å². The number of sulfonamides is 1. The Kier molecular flexibility index (Phi) is 5.09. The summed E-state index contributed by atoms with van der Waals surface area (Å²) in [5, 5.41) is 0. The highest BCUT2D eigenvalue weighted by Gasteiger charge is 2.36. The van der Waals surface area contributed by atoms with E-state index in [0.717, 1.165) is 11.3 Å². The van der Waals surface area contributed by atoms with Crippen LogP contribution in [0.5, 0.6) is 0 Å². The second kappa shape index (κ2) is 7.94. The number of hydrogen-bond acceptors (Lipinski definition) is 4. The maximum atomic E-state index is 13.4. The Bertz CT molecular complexity index is 1270. The maximum absolute atomic E-state index is 13.4. The average Bonchev–Trinajstić information content (AvgIpc) is 2.82. The van der Waals surface area contributed by atoms with Crippen molar-refractivity contribution >= 4 is 27.3 Å². The summed E-state index contributed by atoms with van der Waals surface area (Å²) in [5.74, 6) is -0.520. The molecule has 8 heteroatoms. The Morgan fingerprint density at radius 3 is 2.16 bits per heavy atom. The molecule has 0 bridgehead atoms. The van der Waals surface area contributed by atoms with Crippen LogP contribution >= 0.6 is 0 Å². The molecule has 0 atom stereocenters. The monoisotopic (exact) mass is 451 g/mol. The highest BCUT2D eigenvalue weighted by atomic mass is 32.2. The van der Waals surface area contributed by atoms with Crippen LogP contribution in [0.25, 0.3) is 11.1 Å². The van der Waals surface area contributed by atoms with Crippen LogP contribution in [0.4, 0.5) is 15.8 Å². The zero-order chi connectivity index (χ0) is 22.3. The zero-order valence-electron chi connectivity index (χ0n) is 17.3. The number of carbonyl (C=O) groups excluding carboxylic acids is 1. The van der Waals surface area contributed by atoms with E-state index in [0.29, 0.717) is 37.4 Å². The second-order valence-corrected chi connectivity index (χ2v) is 9.70. The number of carbonyl (C=O) groups is 1. The molecule has 0 spiro atoms. The van der Waals surface area contributed by atoms with Gasteiger partial charge in [-0.1, -0.05) is 36.4 Å². The van der Waals surface area contributed by atoms with Crippen LogP contribution in [0.15, 0.2) is 77.7 Å². The van der Waals surface area contributed by atoms with Gasteiger partial charge < -0.3 is 9.80 Å². The van der Waals surface area contributed by atoms with E-state index in [-0.39, 0.29) is 23.2 Å². The molecule has 0 aliphatic carbocycles. The summed E-state index contributed by atoms with van der Waals surface area (Å²) in [6.45, 7) is 1.90. The first-order valence-electron chi connectivity index (χ1n) is 10.4. The predicted molar refractivity (Wildman–Crippen MR) is 122 cm³/mol. The topological polar surface area (TPSA) is 60.9 Å². The van der Waals surface area contributed by atoms with Crippen molar-refractivity contribution in [3.8, 4) is 11.1 Å². The molecule has 2 aliphatic rings. The second-order valence-electron chi connectivity index (χ2n) is 7.87. The smallest absolute Gasteiger partial charge is 0.265 e. The summed E-state index contributed by atoms with van der Waals surface area (Å²) in [6.07, 6.45) is 0. The summed E-state index contributed by atoms with van der Waals surface area (Å²) in [6, 6.07) is 20.4. The van der Waals surface area contributed by atoms with E-state index in [2.05, 4.69) is 4.90 Å². The number of halogens is 1. The van der Waals surface area contributed by atoms with E-state index in [1.165, 1.54) is 16.4 Å². The minimum atomic E-state index is -3.85. The van der Waals surface area contributed by atoms with Crippen LogP contribution in [-0.4, -0.2) is 51.9 Å². The highest BCUT2D eigenvalue weighted by molar-refractivity contribution is 7.93. The molecular formula is C24H22FN3O3S. The van der Waals surface area contributed by atoms with E-state index < -0.39 is 10.0 Å². The van der Waals surface area contributed by atoms with Gasteiger partial charge in [-0.05, 0) is 36.4 Å². The Hall–Kier alpha value is -3.39. The Balaban J connectivity index is 1.35. The fraction of sp³-hybridized carbons (Fsp3) is 0.208. The first kappa shape index (κ1) is 20.5. The lowest BCUT2D eigenvalue weighted by Crippen LogP contribution is -2.52. The maximum Gasteiger partial charge on any atom is 0.265 e. The van der Waals surface area contributed by atoms with Gasteiger partial charge in [0.25, 0.3) is 10.0 Å². The Morgan fingerprint density at radius 2 is 1.44 bits per heavy atom. The van der Waals surface area contributed by atoms with Gasteiger partial charge in [0.05, 0.1) is 10.6 Å². The van der Waals surface area contributed by atoms with E-state index in [1.807, 2.05) is 18.2 Å². The normalized spacial score (nSPS) is 17.0. The van der Waals surface area contributed by atoms with Gasteiger partial charge in [-0.25, -0.2) is 12.8 Å². The number of fused-ring (bicyclic) bond motifs is 3. The van der Waals surface area contributed by atoms with Crippen LogP contribution in [0.3, 0.4) is 0 Å². The summed E-state index contributed by atoms with van der Waals surface area (Å²) in [4.78, 5) is 17.1. The van der Waals surface area contributed by atoms with Crippen molar-refractivity contribution in [2.75, 3.05) is 41.9 Å². The summed E-state index contributed by atoms with van der Waals surface area (Å²) >= 11 is 0. The molecule has 2 heterocycles. The standard InChI is InChI=1S/C24H22FN3O3S/c25-18-9-11-19(12-10-18)26-13-15-27(16-14-26)24(29)17-28-22-7-3-1-5-20(22)21-6-2-4-8-23(21)32(28,30)31/h1-12H,13-17H2. The molecule has 1 amide bonds. The number of benzene rings is 3. The van der Waals surface area contributed by atoms with Crippen molar-refractivity contribution in [1.29, 1.82) is 0 Å². The first-order valence-corrected chi connectivity index (χ1v) is 11.9. The van der Waals surface area contributed by atoms with Gasteiger partial charge in [0.15, 0.2) is 0 Å². The average molecular weight is 452 g/mol. The number of rotatable bonds is 3. The largest absolute Gasteiger partial charge is 0.368 e. The van der Waals surface area contributed by atoms with Crippen LogP contribution in [0, 0.1) is 5.82 Å². The number of hydrogen-bond donors (Lipinski definition) is 0. The molecular weight excluding hydrogens is 429 g/mol. The minimum Gasteiger partial charge on any atom is -0.368 e. The van der Waals surface area contributed by atoms with Gasteiger partial charge in [-0.15, -0.1) is 0 Å². The minimum absolute atomic E-state index is 0.215. The third kappa shape index (κ3) is 3.50. The summed E-state index contributed by atoms with van der Waals surface area (Å²) in [7, 11) is -3.85. The Labute approximate surface area is 186 Å². The lowest BCUT2D eigenvalue weighted by molar-refractivity contribution is -0.129. The fourth-order valence-corrected chi connectivity index (χ4v) is 5.98. The molecule has 5 rings (SSSR count). The molecule has 0 unspecified atom stereocenters. The van der Waals surface area contributed by atoms with E-state index in [4.69, 9.17) is 0 Å². The molecule has 0 saturated carbocycles. The van der Waals surface area contributed by atoms with Gasteiger partial charge in [0.1, 0.15) is 12.4 Å². The molecule has 164 valence electrons. The van der Waals surface area contributed by atoms with Crippen molar-refractivity contribution < 1.29 is 17.6 Å². The molecule has 1 saturated heterocycles. The molecule has 2 aliphatic heterocycles. The third-order valence-corrected chi connectivity index (χ3v) is 7.84. The zero-order valence-corrected chi connectivity index (χ0v) is 18.1. The van der Waals surface area contributed by atoms with Crippen molar-refractivity contribution in [1.82, 2.24) is 4.90 Å². The molecule has 0 N–H and O–H groups in total. The van der Waals surface area contributed by atoms with Crippen molar-refractivity contribution in [3.63, 3.8) is 0 Å². The van der Waals surface area contributed by atoms with Gasteiger partial charge in [0, 0.05) is 43.0 Å². The molecule has 0 radical (unpaired) electrons. The van der Waals surface area contributed by atoms with Crippen LogP contribution in [0.1, 0.15) is 0 Å². The fourth-order valence-electron chi connectivity index (χ4n) is 4.34. The van der Waals surface area contributed by atoms with E-state index >= 15 is 0 Å². The first-order chi connectivity index (χ1) is 15.4. The van der Waals surface area contributed by atoms with Crippen molar-refractivity contribution in [2.24, 2.45) is 0 Å². The number of nitrogens with zero attached hydrogens (tertiary/aromatic N) is 3.